The van der Waals surface area contributed by atoms with Crippen LogP contribution >= 0.6 is 11.6 Å². The van der Waals surface area contributed by atoms with E-state index in [1.54, 1.807) is 18.2 Å². The lowest BCUT2D eigenvalue weighted by Crippen LogP contribution is -2.60. The first-order valence-corrected chi connectivity index (χ1v) is 14.0. The fraction of sp³-hybridized carbons (Fsp3) is 0.400. The molecular weight excluding hydrogens is 515 g/mol. The van der Waals surface area contributed by atoms with E-state index in [1.165, 1.54) is 0 Å². The van der Waals surface area contributed by atoms with Gasteiger partial charge in [0.15, 0.2) is 5.82 Å². The van der Waals surface area contributed by atoms with Crippen molar-refractivity contribution in [2.45, 2.75) is 18.9 Å². The quantitative estimate of drug-likeness (QED) is 0.378. The number of hydrogen-bond donors (Lipinski definition) is 2. The zero-order chi connectivity index (χ0) is 26.9. The number of nitrogens with one attached hydrogen (secondary N) is 1. The van der Waals surface area contributed by atoms with Gasteiger partial charge < -0.3 is 25.1 Å². The molecule has 202 valence electrons. The Labute approximate surface area is 232 Å². The highest BCUT2D eigenvalue weighted by Crippen LogP contribution is 2.46. The number of rotatable bonds is 4. The maximum Gasteiger partial charge on any atom is 0.228 e. The molecular formula is C30H32ClFN6O. The van der Waals surface area contributed by atoms with Crippen molar-refractivity contribution < 1.29 is 9.50 Å². The Hall–Kier alpha value is -3.20. The maximum absolute atomic E-state index is 16.6. The topological polar surface area (TPSA) is 67.8 Å². The number of phenols is 1. The second-order valence-corrected chi connectivity index (χ2v) is 12.0. The number of aromatic hydroxyl groups is 1. The molecule has 0 unspecified atom stereocenters. The smallest absolute Gasteiger partial charge is 0.228 e. The van der Waals surface area contributed by atoms with Crippen LogP contribution in [0.4, 0.5) is 16.2 Å². The minimum absolute atomic E-state index is 0.0616. The number of likely N-dealkylation sites (N-methyl/N-ethyl adjacent to an activating group) is 1. The Kier molecular flexibility index (Phi) is 5.84. The normalized spacial score (nSPS) is 19.2. The number of halogens is 2. The van der Waals surface area contributed by atoms with Crippen molar-refractivity contribution in [3.63, 3.8) is 0 Å². The predicted octanol–water partition coefficient (Wildman–Crippen LogP) is 4.89. The molecule has 3 aliphatic heterocycles. The molecule has 1 aromatic heterocycles. The molecule has 39 heavy (non-hydrogen) atoms. The third-order valence-corrected chi connectivity index (χ3v) is 9.16. The molecule has 3 saturated heterocycles. The van der Waals surface area contributed by atoms with E-state index >= 15 is 4.39 Å². The van der Waals surface area contributed by atoms with E-state index in [-0.39, 0.29) is 27.3 Å². The van der Waals surface area contributed by atoms with Gasteiger partial charge in [0.2, 0.25) is 5.95 Å². The third kappa shape index (κ3) is 4.08. The van der Waals surface area contributed by atoms with Gasteiger partial charge in [0, 0.05) is 48.6 Å². The van der Waals surface area contributed by atoms with Gasteiger partial charge in [-0.25, -0.2) is 9.37 Å². The first-order chi connectivity index (χ1) is 18.8. The molecule has 0 saturated carbocycles. The van der Waals surface area contributed by atoms with Gasteiger partial charge in [-0.2, -0.15) is 4.98 Å². The first kappa shape index (κ1) is 24.8. The van der Waals surface area contributed by atoms with E-state index in [2.05, 4.69) is 34.1 Å². The summed E-state index contributed by atoms with van der Waals surface area (Å²) >= 11 is 6.85. The van der Waals surface area contributed by atoms with Crippen molar-refractivity contribution in [2.24, 2.45) is 5.41 Å². The Bertz CT molecular complexity index is 1590. The second kappa shape index (κ2) is 9.18. The van der Waals surface area contributed by atoms with Crippen molar-refractivity contribution in [1.29, 1.82) is 0 Å². The number of benzene rings is 3. The molecule has 1 spiro atoms. The zero-order valence-electron chi connectivity index (χ0n) is 22.2. The molecule has 4 heterocycles. The lowest BCUT2D eigenvalue weighted by molar-refractivity contribution is 0.149. The molecule has 0 aliphatic carbocycles. The van der Waals surface area contributed by atoms with Crippen molar-refractivity contribution in [3.8, 4) is 16.9 Å². The van der Waals surface area contributed by atoms with Gasteiger partial charge in [0.05, 0.1) is 5.02 Å². The molecule has 3 fully saturated rings. The lowest BCUT2D eigenvalue weighted by atomic mass is 9.72. The van der Waals surface area contributed by atoms with Crippen LogP contribution in [0.3, 0.4) is 0 Å². The summed E-state index contributed by atoms with van der Waals surface area (Å²) in [7, 11) is 4.14. The highest BCUT2D eigenvalue weighted by molar-refractivity contribution is 6.35. The summed E-state index contributed by atoms with van der Waals surface area (Å²) < 4.78 is 16.6. The van der Waals surface area contributed by atoms with Crippen molar-refractivity contribution in [1.82, 2.24) is 20.2 Å². The molecule has 7 rings (SSSR count). The Balaban J connectivity index is 1.38. The van der Waals surface area contributed by atoms with Crippen LogP contribution in [0.2, 0.25) is 5.02 Å². The van der Waals surface area contributed by atoms with Gasteiger partial charge in [-0.15, -0.1) is 0 Å². The van der Waals surface area contributed by atoms with Gasteiger partial charge in [0.25, 0.3) is 0 Å². The molecule has 3 aromatic carbocycles. The van der Waals surface area contributed by atoms with Crippen LogP contribution in [0.1, 0.15) is 12.8 Å². The van der Waals surface area contributed by atoms with Gasteiger partial charge in [-0.1, -0.05) is 35.9 Å². The third-order valence-electron chi connectivity index (χ3n) is 8.86. The van der Waals surface area contributed by atoms with E-state index in [9.17, 15) is 5.11 Å². The standard InChI is InChI=1S/C30H32ClFN6O/c1-36(2)19-14-37(15-19)29-34-27-23(28(35-29)38-16-30(17-38)7-9-33-10-8-30)13-24(31)25(26(27)32)22-12-20(39)11-18-5-3-4-6-21(18)22/h3-6,11-13,19,33,39H,7-10,14-17H2,1-2H3. The summed E-state index contributed by atoms with van der Waals surface area (Å²) in [4.78, 5) is 16.4. The van der Waals surface area contributed by atoms with Crippen LogP contribution in [-0.4, -0.2) is 79.4 Å². The second-order valence-electron chi connectivity index (χ2n) is 11.6. The maximum atomic E-state index is 16.6. The number of phenolic OH excluding ortho intramolecular Hbond substituents is 1. The number of anilines is 2. The lowest BCUT2D eigenvalue weighted by Gasteiger charge is -2.53. The number of piperidine rings is 1. The number of fused-ring (bicyclic) bond motifs is 2. The monoisotopic (exact) mass is 546 g/mol. The summed E-state index contributed by atoms with van der Waals surface area (Å²) in [6.07, 6.45) is 2.28. The summed E-state index contributed by atoms with van der Waals surface area (Å²) in [5.74, 6) is 0.877. The van der Waals surface area contributed by atoms with Crippen molar-refractivity contribution in [3.05, 3.63) is 53.3 Å². The SMILES string of the molecule is CN(C)C1CN(c2nc(N3CC4(CCNCC4)C3)c3cc(Cl)c(-c4cc(O)cc5ccccc45)c(F)c3n2)C1. The van der Waals surface area contributed by atoms with E-state index < -0.39 is 5.82 Å². The van der Waals surface area contributed by atoms with Gasteiger partial charge >= 0.3 is 0 Å². The average Bonchev–Trinajstić information content (AvgIpc) is 2.86. The molecule has 0 radical (unpaired) electrons. The highest BCUT2D eigenvalue weighted by atomic mass is 35.5. The molecule has 0 amide bonds. The summed E-state index contributed by atoms with van der Waals surface area (Å²) in [6.45, 7) is 5.47. The summed E-state index contributed by atoms with van der Waals surface area (Å²) in [5, 5.41) is 16.5. The van der Waals surface area contributed by atoms with Crippen LogP contribution in [0, 0.1) is 11.2 Å². The molecule has 0 atom stereocenters. The van der Waals surface area contributed by atoms with E-state index in [1.807, 2.05) is 24.3 Å². The van der Waals surface area contributed by atoms with Crippen LogP contribution < -0.4 is 15.1 Å². The number of aromatic nitrogens is 2. The minimum atomic E-state index is -0.486. The molecule has 0 bridgehead atoms. The summed E-state index contributed by atoms with van der Waals surface area (Å²) in [6, 6.07) is 13.1. The van der Waals surface area contributed by atoms with Gasteiger partial charge in [-0.3, -0.25) is 0 Å². The van der Waals surface area contributed by atoms with Crippen molar-refractivity contribution >= 4 is 45.0 Å². The fourth-order valence-corrected chi connectivity index (χ4v) is 6.73. The Morgan fingerprint density at radius 1 is 1.03 bits per heavy atom. The van der Waals surface area contributed by atoms with Crippen LogP contribution in [-0.2, 0) is 0 Å². The number of hydrogen-bond acceptors (Lipinski definition) is 7. The average molecular weight is 547 g/mol. The summed E-state index contributed by atoms with van der Waals surface area (Å²) in [5.41, 5.74) is 1.35. The van der Waals surface area contributed by atoms with E-state index in [0.717, 1.165) is 68.7 Å². The zero-order valence-corrected chi connectivity index (χ0v) is 23.0. The van der Waals surface area contributed by atoms with Crippen LogP contribution in [0.25, 0.3) is 32.8 Å². The van der Waals surface area contributed by atoms with Crippen LogP contribution in [0.15, 0.2) is 42.5 Å². The largest absolute Gasteiger partial charge is 0.508 e. The van der Waals surface area contributed by atoms with Crippen molar-refractivity contribution in [2.75, 3.05) is 63.2 Å². The first-order valence-electron chi connectivity index (χ1n) is 13.6. The van der Waals surface area contributed by atoms with Gasteiger partial charge in [0.1, 0.15) is 17.1 Å². The Morgan fingerprint density at radius 2 is 1.77 bits per heavy atom. The molecule has 4 aromatic rings. The molecule has 7 nitrogen and oxygen atoms in total. The minimum Gasteiger partial charge on any atom is -0.508 e. The highest BCUT2D eigenvalue weighted by Gasteiger charge is 2.45. The fourth-order valence-electron chi connectivity index (χ4n) is 6.43. The Morgan fingerprint density at radius 3 is 2.51 bits per heavy atom. The molecule has 2 N–H and O–H groups in total. The van der Waals surface area contributed by atoms with E-state index in [0.29, 0.717) is 22.9 Å². The number of nitrogens with zero attached hydrogens (tertiary/aromatic N) is 5. The molecule has 3 aliphatic rings. The molecule has 9 heteroatoms. The van der Waals surface area contributed by atoms with Crippen LogP contribution in [0.5, 0.6) is 5.75 Å². The van der Waals surface area contributed by atoms with E-state index in [4.69, 9.17) is 21.6 Å². The predicted molar refractivity (Wildman–Crippen MR) is 156 cm³/mol. The van der Waals surface area contributed by atoms with Gasteiger partial charge in [-0.05, 0) is 74.6 Å².